The Morgan fingerprint density at radius 1 is 1.03 bits per heavy atom. The number of rotatable bonds is 6. The van der Waals surface area contributed by atoms with Crippen LogP contribution in [0.1, 0.15) is 48.3 Å². The Kier molecular flexibility index (Phi) is 5.86. The zero-order valence-electron chi connectivity index (χ0n) is 16.3. The van der Waals surface area contributed by atoms with Gasteiger partial charge in [0.1, 0.15) is 5.82 Å². The summed E-state index contributed by atoms with van der Waals surface area (Å²) in [6, 6.07) is 15.1. The van der Waals surface area contributed by atoms with E-state index in [4.69, 9.17) is 5.11 Å². The average molecular weight is 392 g/mol. The van der Waals surface area contributed by atoms with E-state index >= 15 is 0 Å². The number of carboxylic acids is 1. The Bertz CT molecular complexity index is 995. The minimum atomic E-state index is -0.808. The first-order valence-corrected chi connectivity index (χ1v) is 10.2. The van der Waals surface area contributed by atoms with Crippen LogP contribution in [0.25, 0.3) is 10.9 Å². The van der Waals surface area contributed by atoms with Crippen molar-refractivity contribution in [2.45, 2.75) is 50.6 Å². The Morgan fingerprint density at radius 3 is 2.48 bits per heavy atom. The SMILES string of the molecule is O=C(O)Cc1ccc(CNC2CCC(c3ccnc4ccc(F)cc34)CC2)cc1. The second kappa shape index (κ2) is 8.70. The van der Waals surface area contributed by atoms with Crippen molar-refractivity contribution >= 4 is 16.9 Å². The first-order chi connectivity index (χ1) is 14.1. The Balaban J connectivity index is 1.33. The van der Waals surface area contributed by atoms with Gasteiger partial charge in [-0.3, -0.25) is 9.78 Å². The van der Waals surface area contributed by atoms with Gasteiger partial charge in [-0.25, -0.2) is 4.39 Å². The number of nitrogens with one attached hydrogen (secondary N) is 1. The maximum absolute atomic E-state index is 13.7. The second-order valence-electron chi connectivity index (χ2n) is 7.88. The van der Waals surface area contributed by atoms with Crippen LogP contribution in [0.5, 0.6) is 0 Å². The zero-order valence-corrected chi connectivity index (χ0v) is 16.3. The maximum Gasteiger partial charge on any atom is 0.307 e. The van der Waals surface area contributed by atoms with Crippen LogP contribution in [-0.2, 0) is 17.8 Å². The van der Waals surface area contributed by atoms with Gasteiger partial charge in [-0.1, -0.05) is 24.3 Å². The molecule has 4 rings (SSSR count). The van der Waals surface area contributed by atoms with Gasteiger partial charge in [0, 0.05) is 24.2 Å². The number of hydrogen-bond acceptors (Lipinski definition) is 3. The zero-order chi connectivity index (χ0) is 20.2. The summed E-state index contributed by atoms with van der Waals surface area (Å²) in [6.07, 6.45) is 6.21. The molecule has 1 saturated carbocycles. The lowest BCUT2D eigenvalue weighted by Gasteiger charge is -2.30. The number of pyridine rings is 1. The fourth-order valence-corrected chi connectivity index (χ4v) is 4.32. The highest BCUT2D eigenvalue weighted by atomic mass is 19.1. The van der Waals surface area contributed by atoms with Crippen LogP contribution in [0.3, 0.4) is 0 Å². The van der Waals surface area contributed by atoms with Gasteiger partial charge in [0.15, 0.2) is 0 Å². The number of aromatic nitrogens is 1. The van der Waals surface area contributed by atoms with Crippen molar-refractivity contribution < 1.29 is 14.3 Å². The van der Waals surface area contributed by atoms with Crippen molar-refractivity contribution in [3.05, 3.63) is 77.2 Å². The molecule has 4 nitrogen and oxygen atoms in total. The van der Waals surface area contributed by atoms with Crippen LogP contribution in [0.2, 0.25) is 0 Å². The summed E-state index contributed by atoms with van der Waals surface area (Å²) in [6.45, 7) is 0.784. The van der Waals surface area contributed by atoms with Crippen molar-refractivity contribution in [1.82, 2.24) is 10.3 Å². The normalized spacial score (nSPS) is 19.3. The number of benzene rings is 2. The second-order valence-corrected chi connectivity index (χ2v) is 7.88. The van der Waals surface area contributed by atoms with E-state index in [-0.39, 0.29) is 12.2 Å². The van der Waals surface area contributed by atoms with Gasteiger partial charge in [0.05, 0.1) is 11.9 Å². The molecule has 0 unspecified atom stereocenters. The van der Waals surface area contributed by atoms with Crippen molar-refractivity contribution in [3.63, 3.8) is 0 Å². The molecule has 29 heavy (non-hydrogen) atoms. The van der Waals surface area contributed by atoms with Gasteiger partial charge < -0.3 is 10.4 Å². The van der Waals surface area contributed by atoms with E-state index < -0.39 is 5.97 Å². The lowest BCUT2D eigenvalue weighted by molar-refractivity contribution is -0.136. The van der Waals surface area contributed by atoms with E-state index in [1.807, 2.05) is 36.5 Å². The first-order valence-electron chi connectivity index (χ1n) is 10.2. The van der Waals surface area contributed by atoms with Crippen molar-refractivity contribution in [3.8, 4) is 0 Å². The summed E-state index contributed by atoms with van der Waals surface area (Å²) in [5.41, 5.74) is 4.05. The minimum absolute atomic E-state index is 0.0608. The highest BCUT2D eigenvalue weighted by Crippen LogP contribution is 2.36. The van der Waals surface area contributed by atoms with Crippen molar-refractivity contribution in [2.24, 2.45) is 0 Å². The summed E-state index contributed by atoms with van der Waals surface area (Å²) >= 11 is 0. The summed E-state index contributed by atoms with van der Waals surface area (Å²) in [7, 11) is 0. The van der Waals surface area contributed by atoms with Gasteiger partial charge in [0.25, 0.3) is 0 Å². The van der Waals surface area contributed by atoms with Crippen LogP contribution in [0.15, 0.2) is 54.7 Å². The highest BCUT2D eigenvalue weighted by Gasteiger charge is 2.23. The third-order valence-corrected chi connectivity index (χ3v) is 5.88. The predicted molar refractivity (Wildman–Crippen MR) is 111 cm³/mol. The molecule has 5 heteroatoms. The topological polar surface area (TPSA) is 62.2 Å². The van der Waals surface area contributed by atoms with E-state index in [0.717, 1.165) is 54.3 Å². The largest absolute Gasteiger partial charge is 0.481 e. The molecule has 2 N–H and O–H groups in total. The third-order valence-electron chi connectivity index (χ3n) is 5.88. The molecule has 1 fully saturated rings. The molecule has 1 aliphatic rings. The molecular formula is C24H25FN2O2. The third kappa shape index (κ3) is 4.80. The Hall–Kier alpha value is -2.79. The van der Waals surface area contributed by atoms with Crippen LogP contribution >= 0.6 is 0 Å². The molecule has 0 saturated heterocycles. The summed E-state index contributed by atoms with van der Waals surface area (Å²) < 4.78 is 13.7. The van der Waals surface area contributed by atoms with Crippen LogP contribution in [-0.4, -0.2) is 22.1 Å². The van der Waals surface area contributed by atoms with E-state index in [1.54, 1.807) is 12.1 Å². The lowest BCUT2D eigenvalue weighted by Crippen LogP contribution is -2.32. The fourth-order valence-electron chi connectivity index (χ4n) is 4.32. The van der Waals surface area contributed by atoms with E-state index in [2.05, 4.69) is 10.3 Å². The number of hydrogen-bond donors (Lipinski definition) is 2. The fraction of sp³-hybridized carbons (Fsp3) is 0.333. The molecule has 0 radical (unpaired) electrons. The molecule has 0 bridgehead atoms. The Labute approximate surface area is 169 Å². The maximum atomic E-state index is 13.7. The molecule has 0 atom stereocenters. The molecule has 1 aromatic heterocycles. The predicted octanol–water partition coefficient (Wildman–Crippen LogP) is 4.82. The number of halogens is 1. The van der Waals surface area contributed by atoms with E-state index in [9.17, 15) is 9.18 Å². The molecule has 150 valence electrons. The van der Waals surface area contributed by atoms with E-state index in [1.165, 1.54) is 11.6 Å². The standard InChI is InChI=1S/C24H25FN2O2/c25-19-7-10-23-22(14-19)21(11-12-26-23)18-5-8-20(9-6-18)27-15-17-3-1-16(2-4-17)13-24(28)29/h1-4,7,10-12,14,18,20,27H,5-6,8-9,13,15H2,(H,28,29). The number of aliphatic carboxylic acids is 1. The smallest absolute Gasteiger partial charge is 0.307 e. The van der Waals surface area contributed by atoms with Crippen LogP contribution < -0.4 is 5.32 Å². The molecule has 1 heterocycles. The minimum Gasteiger partial charge on any atom is -0.481 e. The molecule has 1 aliphatic carbocycles. The lowest BCUT2D eigenvalue weighted by atomic mass is 9.80. The molecule has 3 aromatic rings. The van der Waals surface area contributed by atoms with E-state index in [0.29, 0.717) is 12.0 Å². The number of carboxylic acid groups (broad SMARTS) is 1. The van der Waals surface area contributed by atoms with Crippen molar-refractivity contribution in [2.75, 3.05) is 0 Å². The summed E-state index contributed by atoms with van der Waals surface area (Å²) in [5, 5.41) is 13.4. The van der Waals surface area contributed by atoms with Crippen LogP contribution in [0, 0.1) is 5.82 Å². The molecule has 0 aliphatic heterocycles. The first kappa shape index (κ1) is 19.5. The van der Waals surface area contributed by atoms with Gasteiger partial charge in [-0.2, -0.15) is 0 Å². The Morgan fingerprint density at radius 2 is 1.76 bits per heavy atom. The van der Waals surface area contributed by atoms with Gasteiger partial charge in [-0.05, 0) is 72.6 Å². The molecular weight excluding hydrogens is 367 g/mol. The summed E-state index contributed by atoms with van der Waals surface area (Å²) in [5.74, 6) is -0.579. The molecule has 0 spiro atoms. The number of nitrogens with zero attached hydrogens (tertiary/aromatic N) is 1. The van der Waals surface area contributed by atoms with Gasteiger partial charge in [0.2, 0.25) is 0 Å². The van der Waals surface area contributed by atoms with Crippen molar-refractivity contribution in [1.29, 1.82) is 0 Å². The van der Waals surface area contributed by atoms with Crippen LogP contribution in [0.4, 0.5) is 4.39 Å². The van der Waals surface area contributed by atoms with Gasteiger partial charge >= 0.3 is 5.97 Å². The molecule has 0 amide bonds. The van der Waals surface area contributed by atoms with Gasteiger partial charge in [-0.15, -0.1) is 0 Å². The monoisotopic (exact) mass is 392 g/mol. The average Bonchev–Trinajstić information content (AvgIpc) is 2.73. The number of carbonyl (C=O) groups is 1. The molecule has 2 aromatic carbocycles. The number of fused-ring (bicyclic) bond motifs is 1. The summed E-state index contributed by atoms with van der Waals surface area (Å²) in [4.78, 5) is 15.1. The highest BCUT2D eigenvalue weighted by molar-refractivity contribution is 5.82. The quantitative estimate of drug-likeness (QED) is 0.632.